The van der Waals surface area contributed by atoms with E-state index in [1.165, 1.54) is 10.8 Å². The van der Waals surface area contributed by atoms with E-state index in [0.29, 0.717) is 5.69 Å². The lowest BCUT2D eigenvalue weighted by molar-refractivity contribution is 0.0688. The molecule has 5 heteroatoms. The number of hydrogen-bond donors (Lipinski definition) is 1. The van der Waals surface area contributed by atoms with E-state index in [0.717, 1.165) is 0 Å². The van der Waals surface area contributed by atoms with Crippen molar-refractivity contribution >= 4 is 17.6 Å². The molecule has 1 N–H and O–H groups in total. The summed E-state index contributed by atoms with van der Waals surface area (Å²) in [5.74, 6) is -1.06. The summed E-state index contributed by atoms with van der Waals surface area (Å²) in [5.41, 5.74) is 0.726. The number of carboxylic acid groups (broad SMARTS) is 1. The van der Waals surface area contributed by atoms with Crippen LogP contribution in [0.5, 0.6) is 0 Å². The Bertz CT molecular complexity index is 493. The average Bonchev–Trinajstić information content (AvgIpc) is 2.61. The highest BCUT2D eigenvalue weighted by Gasteiger charge is 2.15. The van der Waals surface area contributed by atoms with Crippen LogP contribution in [-0.4, -0.2) is 20.6 Å². The highest BCUT2D eigenvalue weighted by Crippen LogP contribution is 2.18. The van der Waals surface area contributed by atoms with Crippen LogP contribution in [0, 0.1) is 0 Å². The van der Waals surface area contributed by atoms with Gasteiger partial charge in [0.05, 0.1) is 6.20 Å². The largest absolute Gasteiger partial charge is 0.477 e. The summed E-state index contributed by atoms with van der Waals surface area (Å²) >= 11 is 5.81. The Balaban J connectivity index is 2.62. The number of aromatic carboxylic acids is 1. The van der Waals surface area contributed by atoms with E-state index in [2.05, 4.69) is 4.98 Å². The minimum atomic E-state index is -1.06. The van der Waals surface area contributed by atoms with E-state index in [9.17, 15) is 4.79 Å². The third kappa shape index (κ3) is 1.71. The molecule has 4 nitrogen and oxygen atoms in total. The molecule has 0 saturated carbocycles. The van der Waals surface area contributed by atoms with Gasteiger partial charge in [-0.1, -0.05) is 18.2 Å². The Labute approximate surface area is 90.8 Å². The predicted molar refractivity (Wildman–Crippen MR) is 55.5 cm³/mol. The molecular formula is C10H7ClN2O2. The van der Waals surface area contributed by atoms with Gasteiger partial charge in [-0.2, -0.15) is 0 Å². The van der Waals surface area contributed by atoms with Gasteiger partial charge in [0.1, 0.15) is 0 Å². The lowest BCUT2D eigenvalue weighted by Gasteiger charge is -2.05. The minimum absolute atomic E-state index is 0.0474. The van der Waals surface area contributed by atoms with Crippen LogP contribution in [0.1, 0.15) is 10.5 Å². The second-order valence-electron chi connectivity index (χ2n) is 2.89. The molecule has 0 unspecified atom stereocenters. The highest BCUT2D eigenvalue weighted by molar-refractivity contribution is 6.29. The molecular weight excluding hydrogens is 216 g/mol. The molecule has 1 aromatic heterocycles. The molecule has 76 valence electrons. The van der Waals surface area contributed by atoms with Crippen LogP contribution in [-0.2, 0) is 0 Å². The summed E-state index contributed by atoms with van der Waals surface area (Å²) in [6.07, 6.45) is 1.23. The molecule has 0 aliphatic carbocycles. The summed E-state index contributed by atoms with van der Waals surface area (Å²) in [6, 6.07) is 8.98. The molecule has 2 rings (SSSR count). The standard InChI is InChI=1S/C10H7ClN2O2/c11-10-12-6-8(9(14)15)13(10)7-4-2-1-3-5-7/h1-6H,(H,14,15). The third-order valence-corrected chi connectivity index (χ3v) is 2.22. The van der Waals surface area contributed by atoms with Crippen molar-refractivity contribution < 1.29 is 9.90 Å². The zero-order valence-corrected chi connectivity index (χ0v) is 8.35. The maximum atomic E-state index is 10.9. The van der Waals surface area contributed by atoms with E-state index in [4.69, 9.17) is 16.7 Å². The van der Waals surface area contributed by atoms with Gasteiger partial charge in [-0.05, 0) is 23.7 Å². The molecule has 0 fully saturated rings. The maximum Gasteiger partial charge on any atom is 0.354 e. The summed E-state index contributed by atoms with van der Waals surface area (Å²) in [4.78, 5) is 14.7. The Morgan fingerprint density at radius 1 is 1.33 bits per heavy atom. The van der Waals surface area contributed by atoms with Crippen molar-refractivity contribution in [2.24, 2.45) is 0 Å². The maximum absolute atomic E-state index is 10.9. The number of benzene rings is 1. The van der Waals surface area contributed by atoms with Crippen molar-refractivity contribution in [3.8, 4) is 5.69 Å². The normalized spacial score (nSPS) is 10.2. The summed E-state index contributed by atoms with van der Waals surface area (Å²) in [7, 11) is 0. The van der Waals surface area contributed by atoms with Gasteiger partial charge in [-0.25, -0.2) is 9.78 Å². The summed E-state index contributed by atoms with van der Waals surface area (Å²) in [5, 5.41) is 9.06. The van der Waals surface area contributed by atoms with E-state index in [-0.39, 0.29) is 11.0 Å². The van der Waals surface area contributed by atoms with Crippen LogP contribution < -0.4 is 0 Å². The second kappa shape index (κ2) is 3.74. The first kappa shape index (κ1) is 9.73. The van der Waals surface area contributed by atoms with Crippen molar-refractivity contribution in [3.63, 3.8) is 0 Å². The van der Waals surface area contributed by atoms with Crippen molar-refractivity contribution in [1.82, 2.24) is 9.55 Å². The third-order valence-electron chi connectivity index (χ3n) is 1.95. The first-order valence-corrected chi connectivity index (χ1v) is 4.60. The molecule has 0 aliphatic heterocycles. The molecule has 0 radical (unpaired) electrons. The summed E-state index contributed by atoms with van der Waals surface area (Å²) < 4.78 is 1.38. The molecule has 1 aromatic carbocycles. The number of nitrogens with zero attached hydrogens (tertiary/aromatic N) is 2. The quantitative estimate of drug-likeness (QED) is 0.848. The van der Waals surface area contributed by atoms with E-state index >= 15 is 0 Å². The number of rotatable bonds is 2. The van der Waals surface area contributed by atoms with Gasteiger partial charge < -0.3 is 5.11 Å². The van der Waals surface area contributed by atoms with Crippen molar-refractivity contribution in [2.75, 3.05) is 0 Å². The fourth-order valence-corrected chi connectivity index (χ4v) is 1.54. The number of para-hydroxylation sites is 1. The Morgan fingerprint density at radius 2 is 2.00 bits per heavy atom. The van der Waals surface area contributed by atoms with E-state index in [1.807, 2.05) is 6.07 Å². The molecule has 0 spiro atoms. The van der Waals surface area contributed by atoms with Crippen molar-refractivity contribution in [2.45, 2.75) is 0 Å². The van der Waals surface area contributed by atoms with Crippen molar-refractivity contribution in [3.05, 3.63) is 47.5 Å². The SMILES string of the molecule is O=C(O)c1cnc(Cl)n1-c1ccccc1. The van der Waals surface area contributed by atoms with Gasteiger partial charge in [-0.3, -0.25) is 4.57 Å². The van der Waals surface area contributed by atoms with Crippen LogP contribution in [0.25, 0.3) is 5.69 Å². The number of carboxylic acids is 1. The van der Waals surface area contributed by atoms with Crippen molar-refractivity contribution in [1.29, 1.82) is 0 Å². The molecule has 1 heterocycles. The molecule has 0 atom stereocenters. The minimum Gasteiger partial charge on any atom is -0.477 e. The zero-order chi connectivity index (χ0) is 10.8. The zero-order valence-electron chi connectivity index (χ0n) is 7.59. The van der Waals surface area contributed by atoms with Gasteiger partial charge in [0.15, 0.2) is 5.69 Å². The molecule has 0 saturated heterocycles. The number of halogens is 1. The first-order chi connectivity index (χ1) is 7.20. The molecule has 2 aromatic rings. The van der Waals surface area contributed by atoms with Gasteiger partial charge in [-0.15, -0.1) is 0 Å². The van der Waals surface area contributed by atoms with E-state index in [1.54, 1.807) is 24.3 Å². The summed E-state index contributed by atoms with van der Waals surface area (Å²) in [6.45, 7) is 0. The van der Waals surface area contributed by atoms with Gasteiger partial charge in [0.25, 0.3) is 0 Å². The lowest BCUT2D eigenvalue weighted by atomic mass is 10.3. The van der Waals surface area contributed by atoms with Crippen LogP contribution in [0.4, 0.5) is 0 Å². The van der Waals surface area contributed by atoms with Gasteiger partial charge >= 0.3 is 5.97 Å². The van der Waals surface area contributed by atoms with Crippen LogP contribution >= 0.6 is 11.6 Å². The Kier molecular flexibility index (Phi) is 2.43. The Morgan fingerprint density at radius 3 is 2.60 bits per heavy atom. The molecule has 0 amide bonds. The topological polar surface area (TPSA) is 55.1 Å². The average molecular weight is 223 g/mol. The number of carbonyl (C=O) groups is 1. The van der Waals surface area contributed by atoms with Crippen LogP contribution in [0.3, 0.4) is 0 Å². The van der Waals surface area contributed by atoms with Crippen LogP contribution in [0.15, 0.2) is 36.5 Å². The molecule has 0 bridgehead atoms. The highest BCUT2D eigenvalue weighted by atomic mass is 35.5. The van der Waals surface area contributed by atoms with Gasteiger partial charge in [0, 0.05) is 5.69 Å². The predicted octanol–water partition coefficient (Wildman–Crippen LogP) is 2.22. The monoisotopic (exact) mass is 222 g/mol. The van der Waals surface area contributed by atoms with E-state index < -0.39 is 5.97 Å². The Hall–Kier alpha value is -1.81. The molecule has 15 heavy (non-hydrogen) atoms. The smallest absolute Gasteiger partial charge is 0.354 e. The van der Waals surface area contributed by atoms with Gasteiger partial charge in [0.2, 0.25) is 5.28 Å². The number of hydrogen-bond acceptors (Lipinski definition) is 2. The first-order valence-electron chi connectivity index (χ1n) is 4.22. The second-order valence-corrected chi connectivity index (χ2v) is 3.23. The lowest BCUT2D eigenvalue weighted by Crippen LogP contribution is -2.06. The fourth-order valence-electron chi connectivity index (χ4n) is 1.30. The number of imidazole rings is 1. The number of aromatic nitrogens is 2. The molecule has 0 aliphatic rings. The fraction of sp³-hybridized carbons (Fsp3) is 0. The van der Waals surface area contributed by atoms with Crippen LogP contribution in [0.2, 0.25) is 5.28 Å².